The molecule has 0 aliphatic carbocycles. The Kier molecular flexibility index (Phi) is 4.77. The van der Waals surface area contributed by atoms with E-state index < -0.39 is 0 Å². The van der Waals surface area contributed by atoms with Gasteiger partial charge in [-0.05, 0) is 35.2 Å². The zero-order chi connectivity index (χ0) is 19.5. The smallest absolute Gasteiger partial charge is 0.274 e. The van der Waals surface area contributed by atoms with Crippen LogP contribution in [0.2, 0.25) is 0 Å². The molecule has 2 heterocycles. The monoisotopic (exact) mass is 368 g/mol. The van der Waals surface area contributed by atoms with Crippen LogP contribution in [0.4, 0.5) is 0 Å². The van der Waals surface area contributed by atoms with E-state index in [1.54, 1.807) is 6.20 Å². The summed E-state index contributed by atoms with van der Waals surface area (Å²) in [5.74, 6) is 0.924. The van der Waals surface area contributed by atoms with Crippen LogP contribution in [0.5, 0.6) is 0 Å². The maximum absolute atomic E-state index is 12.4. The minimum absolute atomic E-state index is 0.119. The maximum atomic E-state index is 12.4. The predicted molar refractivity (Wildman–Crippen MR) is 110 cm³/mol. The fourth-order valence-corrected chi connectivity index (χ4v) is 3.53. The third-order valence-corrected chi connectivity index (χ3v) is 4.87. The van der Waals surface area contributed by atoms with Crippen molar-refractivity contribution in [3.05, 3.63) is 88.1 Å². The molecule has 0 aliphatic rings. The van der Waals surface area contributed by atoms with Gasteiger partial charge in [0.15, 0.2) is 0 Å². The molecule has 0 saturated heterocycles. The third kappa shape index (κ3) is 3.21. The molecule has 0 bridgehead atoms. The highest BCUT2D eigenvalue weighted by Gasteiger charge is 2.13. The summed E-state index contributed by atoms with van der Waals surface area (Å²) in [6.45, 7) is 2.69. The molecule has 28 heavy (non-hydrogen) atoms. The quantitative estimate of drug-likeness (QED) is 0.572. The first-order valence-electron chi connectivity index (χ1n) is 9.36. The van der Waals surface area contributed by atoms with Gasteiger partial charge >= 0.3 is 0 Å². The molecule has 0 aliphatic heterocycles. The average molecular weight is 368 g/mol. The summed E-state index contributed by atoms with van der Waals surface area (Å²) in [4.78, 5) is 19.8. The normalized spacial score (nSPS) is 10.9. The van der Waals surface area contributed by atoms with Crippen LogP contribution in [0.1, 0.15) is 30.3 Å². The largest absolute Gasteiger partial charge is 0.327 e. The fraction of sp³-hybridized carbons (Fsp3) is 0.174. The van der Waals surface area contributed by atoms with Crippen molar-refractivity contribution in [3.8, 4) is 17.2 Å². The topological polar surface area (TPSA) is 74.5 Å². The van der Waals surface area contributed by atoms with Gasteiger partial charge in [-0.25, -0.2) is 4.98 Å². The van der Waals surface area contributed by atoms with Crippen molar-refractivity contribution in [1.82, 2.24) is 14.5 Å². The lowest BCUT2D eigenvalue weighted by atomic mass is 9.99. The predicted octanol–water partition coefficient (Wildman–Crippen LogP) is 4.26. The number of hydrogen-bond donors (Lipinski definition) is 1. The summed E-state index contributed by atoms with van der Waals surface area (Å²) in [5.41, 5.74) is 4.89. The molecule has 5 heteroatoms. The van der Waals surface area contributed by atoms with E-state index in [1.165, 1.54) is 0 Å². The molecule has 0 fully saturated rings. The van der Waals surface area contributed by atoms with Crippen LogP contribution in [0.15, 0.2) is 65.6 Å². The van der Waals surface area contributed by atoms with E-state index in [9.17, 15) is 10.1 Å². The Morgan fingerprint density at radius 1 is 1.11 bits per heavy atom. The summed E-state index contributed by atoms with van der Waals surface area (Å²) in [6.07, 6.45) is 3.42. The van der Waals surface area contributed by atoms with E-state index in [0.717, 1.165) is 40.9 Å². The lowest BCUT2D eigenvalue weighted by molar-refractivity contribution is 0.720. The lowest BCUT2D eigenvalue weighted by Gasteiger charge is -2.10. The Morgan fingerprint density at radius 2 is 1.89 bits per heavy atom. The number of fused-ring (bicyclic) bond motifs is 1. The zero-order valence-corrected chi connectivity index (χ0v) is 15.6. The molecule has 0 amide bonds. The lowest BCUT2D eigenvalue weighted by Crippen LogP contribution is -2.13. The second-order valence-corrected chi connectivity index (χ2v) is 6.76. The van der Waals surface area contributed by atoms with Crippen molar-refractivity contribution in [3.63, 3.8) is 0 Å². The second kappa shape index (κ2) is 7.53. The number of pyridine rings is 1. The molecule has 0 saturated carbocycles. The number of nitriles is 1. The average Bonchev–Trinajstić information content (AvgIpc) is 3.07. The van der Waals surface area contributed by atoms with Gasteiger partial charge < -0.3 is 9.55 Å². The number of nitrogens with zero attached hydrogens (tertiary/aromatic N) is 3. The molecule has 4 rings (SSSR count). The summed E-state index contributed by atoms with van der Waals surface area (Å²) >= 11 is 0. The molecule has 138 valence electrons. The maximum Gasteiger partial charge on any atom is 0.274 e. The van der Waals surface area contributed by atoms with Gasteiger partial charge in [-0.15, -0.1) is 0 Å². The van der Waals surface area contributed by atoms with Gasteiger partial charge in [-0.2, -0.15) is 5.26 Å². The van der Waals surface area contributed by atoms with Gasteiger partial charge in [0.1, 0.15) is 11.3 Å². The van der Waals surface area contributed by atoms with Crippen LogP contribution < -0.4 is 5.56 Å². The van der Waals surface area contributed by atoms with Gasteiger partial charge in [-0.3, -0.25) is 4.79 Å². The van der Waals surface area contributed by atoms with Crippen molar-refractivity contribution in [1.29, 1.82) is 5.26 Å². The Hall–Kier alpha value is -3.65. The molecule has 0 radical (unpaired) electrons. The summed E-state index contributed by atoms with van der Waals surface area (Å²) in [5, 5.41) is 9.32. The molecule has 2 aromatic carbocycles. The Balaban J connectivity index is 1.72. The number of benzene rings is 2. The van der Waals surface area contributed by atoms with E-state index in [2.05, 4.69) is 23.0 Å². The van der Waals surface area contributed by atoms with E-state index in [1.807, 2.05) is 59.2 Å². The molecule has 4 aromatic rings. The molecule has 2 aromatic heterocycles. The third-order valence-electron chi connectivity index (χ3n) is 4.87. The van der Waals surface area contributed by atoms with Crippen LogP contribution >= 0.6 is 0 Å². The van der Waals surface area contributed by atoms with Crippen LogP contribution in [-0.2, 0) is 13.0 Å². The van der Waals surface area contributed by atoms with Crippen LogP contribution in [0.3, 0.4) is 0 Å². The van der Waals surface area contributed by atoms with Gasteiger partial charge in [0.05, 0.1) is 17.1 Å². The van der Waals surface area contributed by atoms with Gasteiger partial charge in [0.2, 0.25) is 0 Å². The molecular formula is C23H20N4O. The fourth-order valence-electron chi connectivity index (χ4n) is 3.53. The van der Waals surface area contributed by atoms with Gasteiger partial charge in [0.25, 0.3) is 5.56 Å². The molecule has 0 spiro atoms. The van der Waals surface area contributed by atoms with Crippen molar-refractivity contribution in [2.24, 2.45) is 0 Å². The minimum Gasteiger partial charge on any atom is -0.327 e. The summed E-state index contributed by atoms with van der Waals surface area (Å²) in [6, 6.07) is 19.8. The van der Waals surface area contributed by atoms with E-state index in [0.29, 0.717) is 17.6 Å². The SMILES string of the molecule is CCCc1nc2cc[nH]c(=O)c2n1Cc1ccc(-c2ccccc2C#N)cc1. The first-order valence-corrected chi connectivity index (χ1v) is 9.36. The van der Waals surface area contributed by atoms with Gasteiger partial charge in [0, 0.05) is 19.2 Å². The zero-order valence-electron chi connectivity index (χ0n) is 15.6. The second-order valence-electron chi connectivity index (χ2n) is 6.76. The van der Waals surface area contributed by atoms with Crippen LogP contribution in [-0.4, -0.2) is 14.5 Å². The minimum atomic E-state index is -0.119. The Bertz CT molecular complexity index is 1230. The standard InChI is InChI=1S/C23H20N4O/c1-2-5-21-26-20-12-13-25-23(28)22(20)27(21)15-16-8-10-17(11-9-16)19-7-4-3-6-18(19)14-24/h3-4,6-13H,2,5,15H2,1H3,(H,25,28). The first kappa shape index (κ1) is 17.7. The summed E-state index contributed by atoms with van der Waals surface area (Å²) < 4.78 is 2.01. The number of imidazole rings is 1. The van der Waals surface area contributed by atoms with Crippen molar-refractivity contribution < 1.29 is 0 Å². The summed E-state index contributed by atoms with van der Waals surface area (Å²) in [7, 11) is 0. The molecule has 1 N–H and O–H groups in total. The van der Waals surface area contributed by atoms with E-state index >= 15 is 0 Å². The Morgan fingerprint density at radius 3 is 2.64 bits per heavy atom. The van der Waals surface area contributed by atoms with E-state index in [-0.39, 0.29) is 5.56 Å². The number of aryl methyl sites for hydroxylation is 1. The molecule has 5 nitrogen and oxygen atoms in total. The highest BCUT2D eigenvalue weighted by atomic mass is 16.1. The highest BCUT2D eigenvalue weighted by molar-refractivity contribution is 5.75. The molecule has 0 atom stereocenters. The van der Waals surface area contributed by atoms with Crippen LogP contribution in [0.25, 0.3) is 22.2 Å². The highest BCUT2D eigenvalue weighted by Crippen LogP contribution is 2.24. The molecule has 0 unspecified atom stereocenters. The van der Waals surface area contributed by atoms with E-state index in [4.69, 9.17) is 0 Å². The molecular weight excluding hydrogens is 348 g/mol. The van der Waals surface area contributed by atoms with Crippen molar-refractivity contribution in [2.75, 3.05) is 0 Å². The Labute approximate surface area is 162 Å². The van der Waals surface area contributed by atoms with Crippen molar-refractivity contribution >= 4 is 11.0 Å². The number of aromatic nitrogens is 3. The number of rotatable bonds is 5. The number of hydrogen-bond acceptors (Lipinski definition) is 3. The van der Waals surface area contributed by atoms with Gasteiger partial charge in [-0.1, -0.05) is 49.4 Å². The number of aromatic amines is 1. The number of nitrogens with one attached hydrogen (secondary N) is 1. The first-order chi connectivity index (χ1) is 13.7. The van der Waals surface area contributed by atoms with Crippen LogP contribution in [0, 0.1) is 11.3 Å². The number of H-pyrrole nitrogens is 1. The van der Waals surface area contributed by atoms with Crippen molar-refractivity contribution in [2.45, 2.75) is 26.3 Å².